The van der Waals surface area contributed by atoms with Gasteiger partial charge in [0.05, 0.1) is 6.10 Å². The molecule has 4 rings (SSSR count). The maximum absolute atomic E-state index is 17.6. The molecule has 4 aliphatic rings. The zero-order valence-electron chi connectivity index (χ0n) is 22.9. The van der Waals surface area contributed by atoms with E-state index in [-0.39, 0.29) is 25.2 Å². The van der Waals surface area contributed by atoms with Gasteiger partial charge in [-0.2, -0.15) is 0 Å². The number of esters is 2. The molecule has 0 amide bonds. The zero-order chi connectivity index (χ0) is 27.4. The van der Waals surface area contributed by atoms with Crippen LogP contribution in [0.4, 0.5) is 4.39 Å². The molecular weight excluding hydrogens is 475 g/mol. The van der Waals surface area contributed by atoms with E-state index in [2.05, 4.69) is 0 Å². The van der Waals surface area contributed by atoms with Crippen molar-refractivity contribution in [2.24, 2.45) is 28.6 Å². The lowest BCUT2D eigenvalue weighted by Crippen LogP contribution is -2.70. The number of carbonyl (C=O) groups excluding carboxylic acids is 3. The topological polar surface area (TPSA) is 89.9 Å². The van der Waals surface area contributed by atoms with E-state index in [0.29, 0.717) is 19.3 Å². The van der Waals surface area contributed by atoms with Gasteiger partial charge >= 0.3 is 11.9 Å². The second-order valence-electron chi connectivity index (χ2n) is 11.8. The van der Waals surface area contributed by atoms with Crippen LogP contribution < -0.4 is 0 Å². The second kappa shape index (κ2) is 9.48. The van der Waals surface area contributed by atoms with Gasteiger partial charge in [0.1, 0.15) is 0 Å². The molecule has 6 nitrogen and oxygen atoms in total. The largest absolute Gasteiger partial charge is 0.457 e. The Bertz CT molecular complexity index is 1080. The third kappa shape index (κ3) is 3.70. The molecule has 7 heteroatoms. The van der Waals surface area contributed by atoms with Crippen molar-refractivity contribution >= 4 is 17.7 Å². The Labute approximate surface area is 219 Å². The highest BCUT2D eigenvalue weighted by Crippen LogP contribution is 2.71. The average Bonchev–Trinajstić information content (AvgIpc) is 3.09. The van der Waals surface area contributed by atoms with Crippen LogP contribution in [-0.2, 0) is 23.9 Å². The molecule has 1 N–H and O–H groups in total. The molecule has 0 aromatic heterocycles. The standard InChI is InChI=1S/C30H41FO6/c1-7-19-12-13-27(5)20(15-19)10-11-21-22-14-18(4)30(37-26(35)9-3,24(33)17-36-25(34)8-2)28(22,6)16-23(32)29(21,27)31/h7,12-13,15,18,21-23,32H,8-11,14,16-17H2,1-6H3/b19-7+/t18-,21-,22-,23-,27-,28-,29-,30+/m0/s1. The molecule has 3 fully saturated rings. The Hall–Kier alpha value is -2.28. The summed E-state index contributed by atoms with van der Waals surface area (Å²) >= 11 is 0. The predicted octanol–water partition coefficient (Wildman–Crippen LogP) is 5.19. The summed E-state index contributed by atoms with van der Waals surface area (Å²) in [5.74, 6) is -2.82. The number of fused-ring (bicyclic) bond motifs is 5. The maximum Gasteiger partial charge on any atom is 0.306 e. The number of hydrogen-bond acceptors (Lipinski definition) is 6. The summed E-state index contributed by atoms with van der Waals surface area (Å²) in [5, 5.41) is 11.7. The monoisotopic (exact) mass is 516 g/mol. The summed E-state index contributed by atoms with van der Waals surface area (Å²) in [5.41, 5.74) is -3.54. The van der Waals surface area contributed by atoms with Crippen LogP contribution in [-0.4, -0.2) is 46.8 Å². The smallest absolute Gasteiger partial charge is 0.306 e. The van der Waals surface area contributed by atoms with Crippen molar-refractivity contribution in [1.82, 2.24) is 0 Å². The number of aliphatic hydroxyl groups excluding tert-OH is 1. The van der Waals surface area contributed by atoms with Crippen LogP contribution in [0.1, 0.15) is 80.1 Å². The van der Waals surface area contributed by atoms with E-state index in [1.807, 2.05) is 52.0 Å². The molecule has 204 valence electrons. The predicted molar refractivity (Wildman–Crippen MR) is 137 cm³/mol. The summed E-state index contributed by atoms with van der Waals surface area (Å²) in [4.78, 5) is 38.4. The van der Waals surface area contributed by atoms with E-state index in [0.717, 1.165) is 11.1 Å². The highest BCUT2D eigenvalue weighted by molar-refractivity contribution is 5.93. The number of carbonyl (C=O) groups is 3. The highest BCUT2D eigenvalue weighted by Gasteiger charge is 2.77. The zero-order valence-corrected chi connectivity index (χ0v) is 22.9. The van der Waals surface area contributed by atoms with Crippen molar-refractivity contribution in [3.63, 3.8) is 0 Å². The van der Waals surface area contributed by atoms with Crippen LogP contribution in [0.25, 0.3) is 0 Å². The molecule has 0 radical (unpaired) electrons. The Kier molecular flexibility index (Phi) is 7.11. The number of ether oxygens (including phenoxy) is 2. The van der Waals surface area contributed by atoms with Gasteiger partial charge in [-0.1, -0.05) is 57.6 Å². The highest BCUT2D eigenvalue weighted by atomic mass is 19.1. The lowest BCUT2D eigenvalue weighted by molar-refractivity contribution is -0.228. The first-order chi connectivity index (χ1) is 17.3. The maximum atomic E-state index is 17.6. The number of ketones is 1. The number of allylic oxidation sites excluding steroid dienone is 6. The van der Waals surface area contributed by atoms with Crippen molar-refractivity contribution in [2.45, 2.75) is 97.4 Å². The van der Waals surface area contributed by atoms with Crippen LogP contribution in [0, 0.1) is 28.6 Å². The van der Waals surface area contributed by atoms with Crippen LogP contribution >= 0.6 is 0 Å². The third-order valence-electron chi connectivity index (χ3n) is 10.2. The lowest BCUT2D eigenvalue weighted by Gasteiger charge is -2.63. The molecule has 0 aromatic carbocycles. The summed E-state index contributed by atoms with van der Waals surface area (Å²) in [6.45, 7) is 10.3. The van der Waals surface area contributed by atoms with E-state index >= 15 is 4.39 Å². The molecule has 0 aliphatic heterocycles. The first-order valence-electron chi connectivity index (χ1n) is 13.7. The Morgan fingerprint density at radius 3 is 2.46 bits per heavy atom. The molecule has 0 spiro atoms. The average molecular weight is 517 g/mol. The SMILES string of the molecule is C/C=C1\C=C[C@@]2(C)C(=C1)CC[C@H]1[C@@H]3C[C@H](C)[C@@](OC(=O)CC)(C(=O)COC(=O)CC)[C@@]3(C)C[C@H](O)[C@@]12F. The van der Waals surface area contributed by atoms with Crippen molar-refractivity contribution in [1.29, 1.82) is 0 Å². The van der Waals surface area contributed by atoms with Gasteiger partial charge in [-0.05, 0) is 51.0 Å². The molecule has 0 heterocycles. The quantitative estimate of drug-likeness (QED) is 0.489. The fraction of sp³-hybridized carbons (Fsp3) is 0.700. The van der Waals surface area contributed by atoms with Crippen LogP contribution in [0.5, 0.6) is 0 Å². The van der Waals surface area contributed by atoms with Gasteiger partial charge in [0.25, 0.3) is 0 Å². The lowest BCUT2D eigenvalue weighted by atomic mass is 9.44. The van der Waals surface area contributed by atoms with E-state index in [1.165, 1.54) is 0 Å². The summed E-state index contributed by atoms with van der Waals surface area (Å²) in [6, 6.07) is 0. The van der Waals surface area contributed by atoms with E-state index in [4.69, 9.17) is 9.47 Å². The van der Waals surface area contributed by atoms with E-state index < -0.39 is 64.4 Å². The minimum absolute atomic E-state index is 0.0351. The molecule has 8 atom stereocenters. The molecule has 0 saturated heterocycles. The molecule has 0 aromatic rings. The fourth-order valence-electron chi connectivity index (χ4n) is 8.23. The summed E-state index contributed by atoms with van der Waals surface area (Å²) < 4.78 is 28.8. The van der Waals surface area contributed by atoms with Gasteiger partial charge in [-0.25, -0.2) is 4.39 Å². The van der Waals surface area contributed by atoms with Crippen molar-refractivity contribution in [3.05, 3.63) is 35.5 Å². The van der Waals surface area contributed by atoms with Gasteiger partial charge in [0, 0.05) is 35.5 Å². The van der Waals surface area contributed by atoms with Gasteiger partial charge < -0.3 is 14.6 Å². The Morgan fingerprint density at radius 1 is 1.16 bits per heavy atom. The minimum atomic E-state index is -1.93. The van der Waals surface area contributed by atoms with Gasteiger partial charge in [-0.3, -0.25) is 14.4 Å². The number of alkyl halides is 1. The molecule has 0 unspecified atom stereocenters. The van der Waals surface area contributed by atoms with Crippen molar-refractivity contribution < 1.29 is 33.4 Å². The normalized spacial score (nSPS) is 43.4. The van der Waals surface area contributed by atoms with Crippen molar-refractivity contribution in [2.75, 3.05) is 6.61 Å². The number of hydrogen-bond donors (Lipinski definition) is 1. The van der Waals surface area contributed by atoms with Crippen LogP contribution in [0.2, 0.25) is 0 Å². The summed E-state index contributed by atoms with van der Waals surface area (Å²) in [6.07, 6.45) is 8.31. The number of halogens is 1. The molecule has 3 saturated carbocycles. The minimum Gasteiger partial charge on any atom is -0.457 e. The van der Waals surface area contributed by atoms with E-state index in [9.17, 15) is 19.5 Å². The molecule has 4 aliphatic carbocycles. The fourth-order valence-corrected chi connectivity index (χ4v) is 8.23. The first-order valence-corrected chi connectivity index (χ1v) is 13.7. The third-order valence-corrected chi connectivity index (χ3v) is 10.2. The van der Waals surface area contributed by atoms with Gasteiger partial charge in [0.2, 0.25) is 5.78 Å². The summed E-state index contributed by atoms with van der Waals surface area (Å²) in [7, 11) is 0. The van der Waals surface area contributed by atoms with E-state index in [1.54, 1.807) is 13.8 Å². The van der Waals surface area contributed by atoms with Crippen LogP contribution in [0.15, 0.2) is 35.5 Å². The van der Waals surface area contributed by atoms with Crippen molar-refractivity contribution in [3.8, 4) is 0 Å². The van der Waals surface area contributed by atoms with Gasteiger partial charge in [-0.15, -0.1) is 0 Å². The molecule has 0 bridgehead atoms. The Balaban J connectivity index is 1.80. The molecule has 37 heavy (non-hydrogen) atoms. The number of aliphatic hydroxyl groups is 1. The molecular formula is C30H41FO6. The first kappa shape index (κ1) is 27.7. The second-order valence-corrected chi connectivity index (χ2v) is 11.8. The number of rotatable bonds is 6. The van der Waals surface area contributed by atoms with Crippen LogP contribution in [0.3, 0.4) is 0 Å². The number of Topliss-reactive ketones (excluding diaryl/α,β-unsaturated/α-hetero) is 1. The van der Waals surface area contributed by atoms with Gasteiger partial charge in [0.15, 0.2) is 17.9 Å². The Morgan fingerprint density at radius 2 is 1.84 bits per heavy atom.